The van der Waals surface area contributed by atoms with Gasteiger partial charge in [0.2, 0.25) is 0 Å². The van der Waals surface area contributed by atoms with Gasteiger partial charge in [-0.15, -0.1) is 0 Å². The Bertz CT molecular complexity index is 464. The lowest BCUT2D eigenvalue weighted by Crippen LogP contribution is -2.22. The topological polar surface area (TPSA) is 102 Å². The molecule has 0 aliphatic heterocycles. The summed E-state index contributed by atoms with van der Waals surface area (Å²) in [6, 6.07) is 1.87. The molecule has 96 valence electrons. The summed E-state index contributed by atoms with van der Waals surface area (Å²) in [5.74, 6) is 0. The van der Waals surface area contributed by atoms with Crippen LogP contribution in [0.5, 0.6) is 0 Å². The second-order valence-corrected chi connectivity index (χ2v) is 3.88. The van der Waals surface area contributed by atoms with Gasteiger partial charge in [-0.25, -0.2) is 0 Å². The van der Waals surface area contributed by atoms with E-state index in [1.54, 1.807) is 4.68 Å². The monoisotopic (exact) mass is 247 g/mol. The van der Waals surface area contributed by atoms with Crippen molar-refractivity contribution in [1.82, 2.24) is 15.1 Å². The predicted molar refractivity (Wildman–Crippen MR) is 67.6 cm³/mol. The molecule has 0 aromatic carbocycles. The smallest absolute Gasteiger partial charge is 0.124 e. The predicted octanol–water partition coefficient (Wildman–Crippen LogP) is 1.84. The van der Waals surface area contributed by atoms with E-state index in [0.717, 1.165) is 17.7 Å². The van der Waals surface area contributed by atoms with Crippen molar-refractivity contribution in [2.75, 3.05) is 13.1 Å². The lowest BCUT2D eigenvalue weighted by atomic mass is 10.1. The number of rotatable bonds is 7. The Labute approximate surface area is 106 Å². The summed E-state index contributed by atoms with van der Waals surface area (Å²) < 4.78 is 1.72. The van der Waals surface area contributed by atoms with E-state index in [0.29, 0.717) is 19.5 Å². The first-order valence-electron chi connectivity index (χ1n) is 5.89. The van der Waals surface area contributed by atoms with Crippen LogP contribution in [0.2, 0.25) is 0 Å². The summed E-state index contributed by atoms with van der Waals surface area (Å²) in [7, 11) is 1.85. The molecular weight excluding hydrogens is 230 g/mol. The Balaban J connectivity index is 2.60. The normalized spacial score (nSPS) is 11.6. The van der Waals surface area contributed by atoms with E-state index in [-0.39, 0.29) is 6.04 Å². The lowest BCUT2D eigenvalue weighted by Gasteiger charge is -2.10. The second-order valence-electron chi connectivity index (χ2n) is 3.88. The molecule has 0 spiro atoms. The van der Waals surface area contributed by atoms with Crippen molar-refractivity contribution in [2.45, 2.75) is 25.8 Å². The van der Waals surface area contributed by atoms with Crippen LogP contribution in [-0.4, -0.2) is 22.9 Å². The minimum Gasteiger partial charge on any atom is -0.298 e. The number of aromatic nitrogens is 2. The van der Waals surface area contributed by atoms with Crippen molar-refractivity contribution >= 4 is 0 Å². The third kappa shape index (κ3) is 3.77. The highest BCUT2D eigenvalue weighted by molar-refractivity contribution is 5.26. The Morgan fingerprint density at radius 1 is 1.72 bits per heavy atom. The van der Waals surface area contributed by atoms with Crippen molar-refractivity contribution in [1.29, 1.82) is 5.26 Å². The Morgan fingerprint density at radius 2 is 2.50 bits per heavy atom. The molecule has 0 saturated carbocycles. The number of azide groups is 1. The summed E-state index contributed by atoms with van der Waals surface area (Å²) in [4.78, 5) is 2.68. The fourth-order valence-electron chi connectivity index (χ4n) is 1.73. The molecule has 1 aromatic heterocycles. The van der Waals surface area contributed by atoms with Crippen LogP contribution in [0.3, 0.4) is 0 Å². The van der Waals surface area contributed by atoms with Crippen LogP contribution in [0.1, 0.15) is 30.6 Å². The zero-order valence-electron chi connectivity index (χ0n) is 10.7. The maximum absolute atomic E-state index is 9.18. The van der Waals surface area contributed by atoms with Crippen LogP contribution < -0.4 is 5.32 Å². The van der Waals surface area contributed by atoms with E-state index in [2.05, 4.69) is 26.5 Å². The zero-order valence-corrected chi connectivity index (χ0v) is 10.7. The largest absolute Gasteiger partial charge is 0.298 e. The van der Waals surface area contributed by atoms with Gasteiger partial charge in [-0.1, -0.05) is 12.0 Å². The minimum atomic E-state index is -0.361. The third-order valence-electron chi connectivity index (χ3n) is 2.56. The first-order chi connectivity index (χ1) is 8.72. The van der Waals surface area contributed by atoms with Gasteiger partial charge in [0, 0.05) is 30.3 Å². The van der Waals surface area contributed by atoms with Gasteiger partial charge in [0.1, 0.15) is 6.04 Å². The minimum absolute atomic E-state index is 0.361. The van der Waals surface area contributed by atoms with E-state index in [4.69, 9.17) is 5.53 Å². The summed E-state index contributed by atoms with van der Waals surface area (Å²) in [5, 5.41) is 20.1. The van der Waals surface area contributed by atoms with Crippen molar-refractivity contribution in [3.8, 4) is 6.07 Å². The molecule has 7 heteroatoms. The zero-order chi connectivity index (χ0) is 13.4. The average Bonchev–Trinajstić information content (AvgIpc) is 2.75. The van der Waals surface area contributed by atoms with Crippen LogP contribution in [-0.2, 0) is 13.5 Å². The van der Waals surface area contributed by atoms with E-state index >= 15 is 0 Å². The van der Waals surface area contributed by atoms with Crippen LogP contribution >= 0.6 is 0 Å². The number of nitrogens with one attached hydrogen (secondary N) is 1. The molecule has 0 aliphatic rings. The van der Waals surface area contributed by atoms with Gasteiger partial charge in [-0.3, -0.25) is 10.00 Å². The maximum atomic E-state index is 9.18. The molecule has 0 radical (unpaired) electrons. The molecule has 0 saturated heterocycles. The summed E-state index contributed by atoms with van der Waals surface area (Å²) >= 11 is 0. The summed E-state index contributed by atoms with van der Waals surface area (Å²) in [6.45, 7) is 3.09. The van der Waals surface area contributed by atoms with Crippen LogP contribution in [0.15, 0.2) is 11.3 Å². The third-order valence-corrected chi connectivity index (χ3v) is 2.56. The van der Waals surface area contributed by atoms with Crippen molar-refractivity contribution in [3.05, 3.63) is 27.9 Å². The molecule has 18 heavy (non-hydrogen) atoms. The fraction of sp³-hybridized carbons (Fsp3) is 0.636. The first-order valence-corrected chi connectivity index (χ1v) is 5.89. The SMILES string of the molecule is CCc1nn(C)cc1C(C#N)NCCCN=[N+]=[N-]. The molecule has 0 amide bonds. The standard InChI is InChI=1S/C11H17N7/c1-3-10-9(8-18(2)16-10)11(7-12)14-5-4-6-15-17-13/h8,11,14H,3-6H2,1-2H3. The molecule has 1 heterocycles. The van der Waals surface area contributed by atoms with Crippen LogP contribution in [0.25, 0.3) is 10.4 Å². The number of nitrogens with zero attached hydrogens (tertiary/aromatic N) is 6. The Morgan fingerprint density at radius 3 is 3.11 bits per heavy atom. The second kappa shape index (κ2) is 7.33. The van der Waals surface area contributed by atoms with Gasteiger partial charge < -0.3 is 0 Å². The van der Waals surface area contributed by atoms with Gasteiger partial charge in [0.25, 0.3) is 0 Å². The molecule has 0 aliphatic carbocycles. The molecule has 1 N–H and O–H groups in total. The van der Waals surface area contributed by atoms with Gasteiger partial charge in [-0.2, -0.15) is 10.4 Å². The van der Waals surface area contributed by atoms with Crippen molar-refractivity contribution in [2.24, 2.45) is 12.2 Å². The Kier molecular flexibility index (Phi) is 5.71. The lowest BCUT2D eigenvalue weighted by molar-refractivity contribution is 0.604. The average molecular weight is 247 g/mol. The Hall–Kier alpha value is -2.03. The van der Waals surface area contributed by atoms with E-state index < -0.39 is 0 Å². The molecule has 0 fully saturated rings. The molecule has 1 atom stereocenters. The van der Waals surface area contributed by atoms with Crippen LogP contribution in [0, 0.1) is 11.3 Å². The highest BCUT2D eigenvalue weighted by atomic mass is 15.3. The van der Waals surface area contributed by atoms with Crippen LogP contribution in [0.4, 0.5) is 0 Å². The quantitative estimate of drug-likeness (QED) is 0.344. The molecule has 0 bridgehead atoms. The number of hydrogen-bond donors (Lipinski definition) is 1. The molecular formula is C11H17N7. The number of nitriles is 1. The van der Waals surface area contributed by atoms with E-state index in [1.165, 1.54) is 0 Å². The first kappa shape index (κ1) is 14.0. The summed E-state index contributed by atoms with van der Waals surface area (Å²) in [6.07, 6.45) is 3.38. The van der Waals surface area contributed by atoms with Gasteiger partial charge in [0.15, 0.2) is 0 Å². The maximum Gasteiger partial charge on any atom is 0.124 e. The van der Waals surface area contributed by atoms with Crippen molar-refractivity contribution < 1.29 is 0 Å². The van der Waals surface area contributed by atoms with Gasteiger partial charge >= 0.3 is 0 Å². The molecule has 1 aromatic rings. The number of aryl methyl sites for hydroxylation is 2. The molecule has 1 rings (SSSR count). The van der Waals surface area contributed by atoms with Gasteiger partial charge in [0.05, 0.1) is 11.8 Å². The van der Waals surface area contributed by atoms with Gasteiger partial charge in [-0.05, 0) is 24.9 Å². The fourth-order valence-corrected chi connectivity index (χ4v) is 1.73. The summed E-state index contributed by atoms with van der Waals surface area (Å²) in [5.41, 5.74) is 10.0. The highest BCUT2D eigenvalue weighted by Gasteiger charge is 2.16. The highest BCUT2D eigenvalue weighted by Crippen LogP contribution is 2.16. The molecule has 7 nitrogen and oxygen atoms in total. The molecule has 1 unspecified atom stereocenters. The number of hydrogen-bond acceptors (Lipinski definition) is 4. The van der Waals surface area contributed by atoms with E-state index in [1.807, 2.05) is 20.2 Å². The van der Waals surface area contributed by atoms with Crippen molar-refractivity contribution in [3.63, 3.8) is 0 Å². The van der Waals surface area contributed by atoms with E-state index in [9.17, 15) is 5.26 Å².